The summed E-state index contributed by atoms with van der Waals surface area (Å²) in [6, 6.07) is 15.1. The molecule has 4 aliphatic rings. The molecule has 2 aromatic carbocycles. The van der Waals surface area contributed by atoms with Gasteiger partial charge in [-0.25, -0.2) is 18.2 Å². The van der Waals surface area contributed by atoms with Gasteiger partial charge >= 0.3 is 6.09 Å². The Hall–Kier alpha value is -5.71. The smallest absolute Gasteiger partial charge is 0.404 e. The first kappa shape index (κ1) is 42.4. The van der Waals surface area contributed by atoms with Gasteiger partial charge in [-0.3, -0.25) is 23.9 Å². The molecule has 1 aromatic heterocycles. The first-order valence-electron chi connectivity index (χ1n) is 20.2. The Labute approximate surface area is 349 Å². The molecule has 2 saturated carbocycles. The highest BCUT2D eigenvalue weighted by molar-refractivity contribution is 7.91. The van der Waals surface area contributed by atoms with Crippen LogP contribution < -0.4 is 24.8 Å². The van der Waals surface area contributed by atoms with E-state index in [2.05, 4.69) is 21.9 Å². The molecule has 3 heterocycles. The van der Waals surface area contributed by atoms with E-state index < -0.39 is 80.1 Å². The van der Waals surface area contributed by atoms with E-state index >= 15 is 0 Å². The number of ether oxygens (including phenoxy) is 2. The predicted octanol–water partition coefficient (Wildman–Crippen LogP) is 3.85. The standard InChI is InChI=1S/C43H52N6O10S/c1-6-26-22-43(26,40(53)47-60(56,57)30-13-14-30)46-38(51)35-19-29(59-36-21-33(25-10-8-7-9-11-25)45-34-18-28(58-5)12-15-31(34)36)24-49(35)39(52)32(42(2,3)4)20-37(50)48-17-16-27(23-48)44-41(54)55/h6-12,15,18,21,26-27,29-30,32,35,44H,1,13-14,16-17,19-20,22-24H2,2-5H3,(H,46,51)(H,47,53)(H,54,55)/t26?,27-,29-,32-,35+,43?/m1/s1. The van der Waals surface area contributed by atoms with Crippen molar-refractivity contribution in [3.63, 3.8) is 0 Å². The maximum absolute atomic E-state index is 14.9. The second-order valence-corrected chi connectivity index (χ2v) is 19.3. The number of fused-ring (bicyclic) bond motifs is 1. The van der Waals surface area contributed by atoms with Gasteiger partial charge in [0.2, 0.25) is 27.7 Å². The van der Waals surface area contributed by atoms with Gasteiger partial charge in [-0.1, -0.05) is 57.2 Å². The average molecular weight is 845 g/mol. The fourth-order valence-electron chi connectivity index (χ4n) is 8.28. The number of carbonyl (C=O) groups is 5. The van der Waals surface area contributed by atoms with Gasteiger partial charge in [0.05, 0.1) is 42.1 Å². The zero-order chi connectivity index (χ0) is 43.1. The molecule has 2 saturated heterocycles. The predicted molar refractivity (Wildman–Crippen MR) is 221 cm³/mol. The number of hydrogen-bond acceptors (Lipinski definition) is 10. The highest BCUT2D eigenvalue weighted by atomic mass is 32.2. The Morgan fingerprint density at radius 2 is 1.78 bits per heavy atom. The SMILES string of the molecule is C=CC1CC1(NC(=O)[C@@H]1C[C@@H](Oc2cc(-c3ccccc3)nc3cc(OC)ccc23)CN1C(=O)[C@@H](CC(=O)N1CC[C@@H](NC(=O)O)C1)C(C)(C)C)C(=O)NS(=O)(=O)C1CC1. The van der Waals surface area contributed by atoms with Crippen LogP contribution >= 0.6 is 0 Å². The Balaban J connectivity index is 1.20. The number of benzene rings is 2. The van der Waals surface area contributed by atoms with Crippen molar-refractivity contribution in [3.05, 3.63) is 67.3 Å². The number of pyridine rings is 1. The molecule has 16 nitrogen and oxygen atoms in total. The summed E-state index contributed by atoms with van der Waals surface area (Å²) in [7, 11) is -2.38. The van der Waals surface area contributed by atoms with Crippen LogP contribution in [0.1, 0.15) is 59.3 Å². The van der Waals surface area contributed by atoms with Crippen LogP contribution in [0, 0.1) is 17.3 Å². The largest absolute Gasteiger partial charge is 0.497 e. The highest BCUT2D eigenvalue weighted by Crippen LogP contribution is 2.46. The normalized spacial score (nSPS) is 24.3. The van der Waals surface area contributed by atoms with E-state index in [1.54, 1.807) is 30.2 Å². The number of carboxylic acid groups (broad SMARTS) is 1. The number of nitrogens with one attached hydrogen (secondary N) is 3. The monoisotopic (exact) mass is 844 g/mol. The second-order valence-electron chi connectivity index (χ2n) is 17.3. The lowest BCUT2D eigenvalue weighted by Crippen LogP contribution is -2.57. The first-order valence-corrected chi connectivity index (χ1v) is 21.8. The zero-order valence-corrected chi connectivity index (χ0v) is 35.0. The van der Waals surface area contributed by atoms with Gasteiger partial charge in [0.25, 0.3) is 5.91 Å². The van der Waals surface area contributed by atoms with E-state index in [4.69, 9.17) is 14.5 Å². The molecule has 0 radical (unpaired) electrons. The number of aromatic nitrogens is 1. The van der Waals surface area contributed by atoms with Gasteiger partial charge in [-0.15, -0.1) is 6.58 Å². The summed E-state index contributed by atoms with van der Waals surface area (Å²) in [5.74, 6) is -2.74. The molecule has 6 atom stereocenters. The topological polar surface area (TPSA) is 214 Å². The molecule has 0 bridgehead atoms. The molecule has 5 amide bonds. The van der Waals surface area contributed by atoms with Crippen molar-refractivity contribution in [2.75, 3.05) is 26.7 Å². The summed E-state index contributed by atoms with van der Waals surface area (Å²) < 4.78 is 40.0. The quantitative estimate of drug-likeness (QED) is 0.171. The van der Waals surface area contributed by atoms with Crippen LogP contribution in [0.2, 0.25) is 0 Å². The van der Waals surface area contributed by atoms with E-state index in [1.165, 1.54) is 11.0 Å². The van der Waals surface area contributed by atoms with Gasteiger partial charge in [-0.2, -0.15) is 0 Å². The molecule has 7 rings (SSSR count). The maximum atomic E-state index is 14.9. The fourth-order valence-corrected chi connectivity index (χ4v) is 9.64. The lowest BCUT2D eigenvalue weighted by atomic mass is 9.77. The summed E-state index contributed by atoms with van der Waals surface area (Å²) in [5, 5.41) is 14.5. The Morgan fingerprint density at radius 3 is 2.42 bits per heavy atom. The molecular formula is C43H52N6O10S. The molecule has 17 heteroatoms. The fraction of sp³-hybridized carbons (Fsp3) is 0.488. The van der Waals surface area contributed by atoms with Crippen molar-refractivity contribution in [3.8, 4) is 22.8 Å². The maximum Gasteiger partial charge on any atom is 0.404 e. The van der Waals surface area contributed by atoms with Gasteiger partial charge in [0.15, 0.2) is 0 Å². The molecule has 0 spiro atoms. The van der Waals surface area contributed by atoms with E-state index in [9.17, 15) is 37.5 Å². The van der Waals surface area contributed by atoms with Gasteiger partial charge in [-0.05, 0) is 43.2 Å². The Morgan fingerprint density at radius 1 is 1.05 bits per heavy atom. The number of nitrogens with zero attached hydrogens (tertiary/aromatic N) is 3. The van der Waals surface area contributed by atoms with Crippen molar-refractivity contribution >= 4 is 50.6 Å². The molecule has 2 aliphatic carbocycles. The zero-order valence-electron chi connectivity index (χ0n) is 34.2. The summed E-state index contributed by atoms with van der Waals surface area (Å²) in [5.41, 5.74) is -0.299. The van der Waals surface area contributed by atoms with Crippen molar-refractivity contribution in [2.24, 2.45) is 17.3 Å². The number of carbonyl (C=O) groups excluding carboxylic acids is 4. The molecule has 3 aromatic rings. The van der Waals surface area contributed by atoms with E-state index in [0.717, 1.165) is 5.56 Å². The summed E-state index contributed by atoms with van der Waals surface area (Å²) in [4.78, 5) is 76.0. The third kappa shape index (κ3) is 8.90. The van der Waals surface area contributed by atoms with E-state index in [-0.39, 0.29) is 38.3 Å². The minimum Gasteiger partial charge on any atom is -0.497 e. The number of rotatable bonds is 14. The summed E-state index contributed by atoms with van der Waals surface area (Å²) >= 11 is 0. The average Bonchev–Trinajstić information content (AvgIpc) is 4.10. The van der Waals surface area contributed by atoms with Crippen LogP contribution in [-0.2, 0) is 29.2 Å². The lowest BCUT2D eigenvalue weighted by molar-refractivity contribution is -0.148. The third-order valence-electron chi connectivity index (χ3n) is 12.0. The van der Waals surface area contributed by atoms with Crippen molar-refractivity contribution in [2.45, 2.75) is 88.3 Å². The summed E-state index contributed by atoms with van der Waals surface area (Å²) in [6.07, 6.45) is 0.822. The van der Waals surface area contributed by atoms with Crippen LogP contribution in [0.4, 0.5) is 4.79 Å². The van der Waals surface area contributed by atoms with E-state index in [1.807, 2.05) is 57.2 Å². The van der Waals surface area contributed by atoms with Crippen molar-refractivity contribution in [1.82, 2.24) is 30.1 Å². The van der Waals surface area contributed by atoms with Gasteiger partial charge in [0.1, 0.15) is 29.2 Å². The van der Waals surface area contributed by atoms with Crippen molar-refractivity contribution in [1.29, 1.82) is 0 Å². The number of sulfonamides is 1. The van der Waals surface area contributed by atoms with Crippen molar-refractivity contribution < 1.29 is 47.0 Å². The number of hydrogen-bond donors (Lipinski definition) is 4. The van der Waals surface area contributed by atoms with Gasteiger partial charge in [0, 0.05) is 54.9 Å². The number of amides is 5. The van der Waals surface area contributed by atoms with Crippen LogP contribution in [0.15, 0.2) is 67.3 Å². The molecule has 60 heavy (non-hydrogen) atoms. The molecular weight excluding hydrogens is 793 g/mol. The third-order valence-corrected chi connectivity index (χ3v) is 13.8. The van der Waals surface area contributed by atoms with Crippen LogP contribution in [0.25, 0.3) is 22.2 Å². The van der Waals surface area contributed by atoms with Crippen LogP contribution in [0.5, 0.6) is 11.5 Å². The molecule has 2 aliphatic heterocycles. The Kier molecular flexibility index (Phi) is 11.6. The number of likely N-dealkylation sites (tertiary alicyclic amines) is 2. The lowest BCUT2D eigenvalue weighted by Gasteiger charge is -2.35. The molecule has 4 N–H and O–H groups in total. The molecule has 320 valence electrons. The minimum atomic E-state index is -3.94. The first-order chi connectivity index (χ1) is 28.4. The Bertz CT molecular complexity index is 2310. The van der Waals surface area contributed by atoms with Gasteiger partial charge < -0.3 is 35.0 Å². The van der Waals surface area contributed by atoms with Crippen LogP contribution in [-0.4, -0.2) is 114 Å². The molecule has 4 fully saturated rings. The highest BCUT2D eigenvalue weighted by Gasteiger charge is 2.62. The summed E-state index contributed by atoms with van der Waals surface area (Å²) in [6.45, 7) is 9.74. The van der Waals surface area contributed by atoms with E-state index in [0.29, 0.717) is 53.9 Å². The second kappa shape index (κ2) is 16.4. The molecule has 2 unspecified atom stereocenters. The van der Waals surface area contributed by atoms with Crippen LogP contribution in [0.3, 0.4) is 0 Å². The minimum absolute atomic E-state index is 0.00845. The number of methoxy groups -OCH3 is 1.